The van der Waals surface area contributed by atoms with Gasteiger partial charge in [-0.05, 0) is 30.4 Å². The molecular formula is C10H11ClFNS. The molecule has 0 aromatic heterocycles. The summed E-state index contributed by atoms with van der Waals surface area (Å²) in [5, 5.41) is 3.62. The second kappa shape index (κ2) is 4.41. The summed E-state index contributed by atoms with van der Waals surface area (Å²) in [6.07, 6.45) is 1.10. The van der Waals surface area contributed by atoms with Crippen molar-refractivity contribution in [1.82, 2.24) is 0 Å². The Labute approximate surface area is 92.0 Å². The molecule has 14 heavy (non-hydrogen) atoms. The Balaban J connectivity index is 2.08. The van der Waals surface area contributed by atoms with Gasteiger partial charge in [0.25, 0.3) is 0 Å². The molecule has 0 bridgehead atoms. The van der Waals surface area contributed by atoms with Crippen LogP contribution in [0.3, 0.4) is 0 Å². The van der Waals surface area contributed by atoms with Gasteiger partial charge in [-0.3, -0.25) is 0 Å². The van der Waals surface area contributed by atoms with Crippen molar-refractivity contribution in [2.75, 3.05) is 16.8 Å². The van der Waals surface area contributed by atoms with Crippen molar-refractivity contribution in [3.8, 4) is 0 Å². The molecule has 1 N–H and O–H groups in total. The second-order valence-corrected chi connectivity index (χ2v) is 4.92. The summed E-state index contributed by atoms with van der Waals surface area (Å²) < 4.78 is 13.4. The average molecular weight is 232 g/mol. The zero-order valence-electron chi connectivity index (χ0n) is 7.59. The lowest BCUT2D eigenvalue weighted by Crippen LogP contribution is -2.18. The summed E-state index contributed by atoms with van der Waals surface area (Å²) in [7, 11) is 0. The van der Waals surface area contributed by atoms with Crippen LogP contribution in [-0.2, 0) is 0 Å². The molecule has 0 spiro atoms. The molecule has 1 aromatic carbocycles. The first-order valence-corrected chi connectivity index (χ1v) is 6.08. The van der Waals surface area contributed by atoms with Crippen LogP contribution in [-0.4, -0.2) is 17.5 Å². The fourth-order valence-electron chi connectivity index (χ4n) is 1.47. The highest BCUT2D eigenvalue weighted by Crippen LogP contribution is 2.24. The fourth-order valence-corrected chi connectivity index (χ4v) is 2.79. The summed E-state index contributed by atoms with van der Waals surface area (Å²) in [6.45, 7) is 0. The van der Waals surface area contributed by atoms with Gasteiger partial charge in [-0.15, -0.1) is 0 Å². The Kier molecular flexibility index (Phi) is 3.19. The average Bonchev–Trinajstić information content (AvgIpc) is 2.62. The summed E-state index contributed by atoms with van der Waals surface area (Å²) in [6, 6.07) is 5.14. The minimum absolute atomic E-state index is 0.269. The molecule has 1 aliphatic heterocycles. The molecule has 0 aliphatic carbocycles. The normalized spacial score (nSPS) is 21.1. The molecule has 1 saturated heterocycles. The number of benzene rings is 1. The van der Waals surface area contributed by atoms with Crippen molar-refractivity contribution >= 4 is 29.1 Å². The predicted molar refractivity (Wildman–Crippen MR) is 60.8 cm³/mol. The fraction of sp³-hybridized carbons (Fsp3) is 0.400. The lowest BCUT2D eigenvalue weighted by molar-refractivity contribution is 0.626. The van der Waals surface area contributed by atoms with Crippen molar-refractivity contribution in [2.45, 2.75) is 12.5 Å². The van der Waals surface area contributed by atoms with Crippen LogP contribution in [0.4, 0.5) is 10.1 Å². The maximum atomic E-state index is 13.4. The molecule has 1 aliphatic rings. The molecule has 1 unspecified atom stereocenters. The molecule has 1 heterocycles. The Morgan fingerprint density at radius 3 is 3.00 bits per heavy atom. The van der Waals surface area contributed by atoms with Gasteiger partial charge < -0.3 is 5.32 Å². The first-order chi connectivity index (χ1) is 6.75. The Hall–Kier alpha value is -0.410. The maximum absolute atomic E-state index is 13.4. The topological polar surface area (TPSA) is 12.0 Å². The maximum Gasteiger partial charge on any atom is 0.147 e. The third kappa shape index (κ3) is 2.34. The van der Waals surface area contributed by atoms with E-state index in [1.807, 2.05) is 11.8 Å². The van der Waals surface area contributed by atoms with E-state index >= 15 is 0 Å². The van der Waals surface area contributed by atoms with E-state index in [4.69, 9.17) is 11.6 Å². The van der Waals surface area contributed by atoms with E-state index < -0.39 is 0 Å². The van der Waals surface area contributed by atoms with E-state index in [-0.39, 0.29) is 5.82 Å². The predicted octanol–water partition coefficient (Wildman–Crippen LogP) is 3.40. The Morgan fingerprint density at radius 1 is 1.50 bits per heavy atom. The van der Waals surface area contributed by atoms with Crippen LogP contribution in [0.2, 0.25) is 5.02 Å². The van der Waals surface area contributed by atoms with E-state index in [1.54, 1.807) is 12.1 Å². The molecule has 1 fully saturated rings. The highest BCUT2D eigenvalue weighted by molar-refractivity contribution is 7.99. The number of hydrogen-bond acceptors (Lipinski definition) is 2. The van der Waals surface area contributed by atoms with E-state index in [1.165, 1.54) is 6.07 Å². The molecule has 0 amide bonds. The van der Waals surface area contributed by atoms with Gasteiger partial charge in [-0.25, -0.2) is 4.39 Å². The van der Waals surface area contributed by atoms with Crippen molar-refractivity contribution < 1.29 is 4.39 Å². The van der Waals surface area contributed by atoms with Gasteiger partial charge >= 0.3 is 0 Å². The largest absolute Gasteiger partial charge is 0.379 e. The zero-order valence-corrected chi connectivity index (χ0v) is 9.17. The summed E-state index contributed by atoms with van der Waals surface area (Å²) in [4.78, 5) is 0. The third-order valence-electron chi connectivity index (χ3n) is 2.22. The standard InChI is InChI=1S/C10H11ClFNS/c11-7-1-2-10(9(12)5-7)13-8-3-4-14-6-8/h1-2,5,8,13H,3-4,6H2. The lowest BCUT2D eigenvalue weighted by Gasteiger charge is -2.13. The number of anilines is 1. The van der Waals surface area contributed by atoms with Crippen molar-refractivity contribution in [2.24, 2.45) is 0 Å². The second-order valence-electron chi connectivity index (χ2n) is 3.33. The summed E-state index contributed by atoms with van der Waals surface area (Å²) in [5.74, 6) is 1.95. The molecule has 0 saturated carbocycles. The van der Waals surface area contributed by atoms with Gasteiger partial charge in [0.05, 0.1) is 5.69 Å². The molecule has 1 aromatic rings. The first kappa shape index (κ1) is 10.1. The van der Waals surface area contributed by atoms with Gasteiger partial charge in [-0.2, -0.15) is 11.8 Å². The quantitative estimate of drug-likeness (QED) is 0.838. The first-order valence-electron chi connectivity index (χ1n) is 4.55. The van der Waals surface area contributed by atoms with E-state index in [9.17, 15) is 4.39 Å². The summed E-state index contributed by atoms with van der Waals surface area (Å²) >= 11 is 7.56. The van der Waals surface area contributed by atoms with Gasteiger partial charge in [0, 0.05) is 16.8 Å². The highest BCUT2D eigenvalue weighted by Gasteiger charge is 2.16. The highest BCUT2D eigenvalue weighted by atomic mass is 35.5. The van der Waals surface area contributed by atoms with E-state index in [0.29, 0.717) is 16.8 Å². The van der Waals surface area contributed by atoms with Gasteiger partial charge in [-0.1, -0.05) is 11.6 Å². The lowest BCUT2D eigenvalue weighted by atomic mass is 10.2. The van der Waals surface area contributed by atoms with Crippen molar-refractivity contribution in [3.63, 3.8) is 0 Å². The Bertz CT molecular complexity index is 326. The van der Waals surface area contributed by atoms with Gasteiger partial charge in [0.1, 0.15) is 5.82 Å². The van der Waals surface area contributed by atoms with Crippen LogP contribution in [0.25, 0.3) is 0 Å². The van der Waals surface area contributed by atoms with Crippen LogP contribution < -0.4 is 5.32 Å². The SMILES string of the molecule is Fc1cc(Cl)ccc1NC1CCSC1. The molecule has 1 nitrogen and oxygen atoms in total. The van der Waals surface area contributed by atoms with Crippen LogP contribution in [0.15, 0.2) is 18.2 Å². The smallest absolute Gasteiger partial charge is 0.147 e. The van der Waals surface area contributed by atoms with Crippen LogP contribution in [0.1, 0.15) is 6.42 Å². The van der Waals surface area contributed by atoms with Crippen molar-refractivity contribution in [3.05, 3.63) is 29.0 Å². The van der Waals surface area contributed by atoms with Gasteiger partial charge in [0.15, 0.2) is 0 Å². The molecule has 1 atom stereocenters. The van der Waals surface area contributed by atoms with Gasteiger partial charge in [0.2, 0.25) is 0 Å². The molecular weight excluding hydrogens is 221 g/mol. The van der Waals surface area contributed by atoms with Crippen molar-refractivity contribution in [1.29, 1.82) is 0 Å². The molecule has 76 valence electrons. The molecule has 4 heteroatoms. The van der Waals surface area contributed by atoms with E-state index in [0.717, 1.165) is 17.9 Å². The number of rotatable bonds is 2. The number of nitrogens with one attached hydrogen (secondary N) is 1. The number of hydrogen-bond donors (Lipinski definition) is 1. The zero-order chi connectivity index (χ0) is 9.97. The van der Waals surface area contributed by atoms with Crippen LogP contribution in [0.5, 0.6) is 0 Å². The minimum atomic E-state index is -0.269. The molecule has 0 radical (unpaired) electrons. The van der Waals surface area contributed by atoms with Crippen LogP contribution >= 0.6 is 23.4 Å². The number of halogens is 2. The van der Waals surface area contributed by atoms with E-state index in [2.05, 4.69) is 5.32 Å². The third-order valence-corrected chi connectivity index (χ3v) is 3.62. The Morgan fingerprint density at radius 2 is 2.36 bits per heavy atom. The monoisotopic (exact) mass is 231 g/mol. The summed E-state index contributed by atoms with van der Waals surface area (Å²) in [5.41, 5.74) is 0.557. The van der Waals surface area contributed by atoms with Crippen LogP contribution in [0, 0.1) is 5.82 Å². The molecule has 2 rings (SSSR count). The minimum Gasteiger partial charge on any atom is -0.379 e. The number of thioether (sulfide) groups is 1.